The highest BCUT2D eigenvalue weighted by Crippen LogP contribution is 2.11. The van der Waals surface area contributed by atoms with Crippen molar-refractivity contribution in [2.24, 2.45) is 0 Å². The van der Waals surface area contributed by atoms with Gasteiger partial charge in [-0.2, -0.15) is 0 Å². The van der Waals surface area contributed by atoms with Crippen LogP contribution in [-0.4, -0.2) is 5.78 Å². The van der Waals surface area contributed by atoms with Gasteiger partial charge >= 0.3 is 5.63 Å². The fraction of sp³-hybridized carbons (Fsp3) is 0.231. The molecule has 16 heavy (non-hydrogen) atoms. The third kappa shape index (κ3) is 3.35. The van der Waals surface area contributed by atoms with Crippen LogP contribution in [0.15, 0.2) is 39.6 Å². The van der Waals surface area contributed by atoms with Gasteiger partial charge in [-0.25, -0.2) is 4.79 Å². The average Bonchev–Trinajstić information content (AvgIpc) is 2.21. The summed E-state index contributed by atoms with van der Waals surface area (Å²) in [4.78, 5) is 21.9. The van der Waals surface area contributed by atoms with Crippen molar-refractivity contribution >= 4 is 11.4 Å². The fourth-order valence-corrected chi connectivity index (χ4v) is 1.11. The maximum absolute atomic E-state index is 11.3. The van der Waals surface area contributed by atoms with Gasteiger partial charge in [-0.1, -0.05) is 12.2 Å². The molecule has 0 atom stereocenters. The van der Waals surface area contributed by atoms with Gasteiger partial charge in [-0.3, -0.25) is 4.79 Å². The molecule has 1 rings (SSSR count). The third-order valence-corrected chi connectivity index (χ3v) is 2.08. The number of rotatable bonds is 3. The number of allylic oxidation sites excluding steroid dienone is 4. The van der Waals surface area contributed by atoms with Crippen molar-refractivity contribution in [1.82, 2.24) is 0 Å². The quantitative estimate of drug-likeness (QED) is 0.578. The van der Waals surface area contributed by atoms with Crippen molar-refractivity contribution in [3.63, 3.8) is 0 Å². The van der Waals surface area contributed by atoms with Crippen molar-refractivity contribution in [1.29, 1.82) is 0 Å². The Hall–Kier alpha value is -1.90. The molecule has 0 unspecified atom stereocenters. The summed E-state index contributed by atoms with van der Waals surface area (Å²) in [6.45, 7) is 4.99. The van der Waals surface area contributed by atoms with E-state index in [1.807, 2.05) is 6.92 Å². The Balaban J connectivity index is 2.96. The topological polar surface area (TPSA) is 47.3 Å². The van der Waals surface area contributed by atoms with E-state index in [9.17, 15) is 9.59 Å². The summed E-state index contributed by atoms with van der Waals surface area (Å²) in [5.41, 5.74) is 1.05. The first-order valence-electron chi connectivity index (χ1n) is 4.97. The average molecular weight is 218 g/mol. The minimum absolute atomic E-state index is 0.0191. The van der Waals surface area contributed by atoms with Crippen LogP contribution in [-0.2, 0) is 4.79 Å². The lowest BCUT2D eigenvalue weighted by Gasteiger charge is -1.98. The molecule has 0 saturated heterocycles. The Morgan fingerprint density at radius 2 is 2.00 bits per heavy atom. The zero-order valence-corrected chi connectivity index (χ0v) is 9.61. The number of carbonyl (C=O) groups is 1. The number of hydrogen-bond donors (Lipinski definition) is 0. The first kappa shape index (κ1) is 12.2. The standard InChI is InChI=1S/C13H14O3/c1-9(5-4-6-11(3)14)12-8-7-10(2)13(15)16-12/h4-8H,1-3H3. The lowest BCUT2D eigenvalue weighted by atomic mass is 10.2. The zero-order valence-electron chi connectivity index (χ0n) is 9.61. The number of ketones is 1. The Labute approximate surface area is 94.1 Å². The highest BCUT2D eigenvalue weighted by molar-refractivity contribution is 5.87. The van der Waals surface area contributed by atoms with Gasteiger partial charge in [-0.15, -0.1) is 0 Å². The summed E-state index contributed by atoms with van der Waals surface area (Å²) in [5.74, 6) is 0.498. The first-order chi connectivity index (χ1) is 7.50. The molecule has 0 saturated carbocycles. The minimum atomic E-state index is -0.333. The summed E-state index contributed by atoms with van der Waals surface area (Å²) in [6.07, 6.45) is 4.82. The van der Waals surface area contributed by atoms with E-state index in [1.165, 1.54) is 13.0 Å². The largest absolute Gasteiger partial charge is 0.423 e. The van der Waals surface area contributed by atoms with Gasteiger partial charge in [0.25, 0.3) is 0 Å². The summed E-state index contributed by atoms with van der Waals surface area (Å²) in [6, 6.07) is 3.46. The van der Waals surface area contributed by atoms with E-state index in [4.69, 9.17) is 4.42 Å². The van der Waals surface area contributed by atoms with E-state index in [0.717, 1.165) is 5.57 Å². The van der Waals surface area contributed by atoms with Gasteiger partial charge in [-0.05, 0) is 44.6 Å². The Morgan fingerprint density at radius 3 is 2.56 bits per heavy atom. The van der Waals surface area contributed by atoms with Crippen molar-refractivity contribution in [3.05, 3.63) is 52.1 Å². The van der Waals surface area contributed by atoms with Crippen LogP contribution in [0.4, 0.5) is 0 Å². The molecule has 0 aliphatic rings. The summed E-state index contributed by atoms with van der Waals surface area (Å²) in [5, 5.41) is 0. The second kappa shape index (κ2) is 5.26. The van der Waals surface area contributed by atoms with Crippen molar-refractivity contribution < 1.29 is 9.21 Å². The third-order valence-electron chi connectivity index (χ3n) is 2.08. The molecule has 3 heteroatoms. The Morgan fingerprint density at radius 1 is 1.31 bits per heavy atom. The molecule has 0 aromatic carbocycles. The highest BCUT2D eigenvalue weighted by Gasteiger charge is 2.00. The van der Waals surface area contributed by atoms with Gasteiger partial charge in [0.15, 0.2) is 5.78 Å². The molecule has 0 N–H and O–H groups in total. The highest BCUT2D eigenvalue weighted by atomic mass is 16.4. The zero-order chi connectivity index (χ0) is 12.1. The van der Waals surface area contributed by atoms with Crippen LogP contribution in [0, 0.1) is 6.92 Å². The van der Waals surface area contributed by atoms with E-state index in [2.05, 4.69) is 0 Å². The smallest absolute Gasteiger partial charge is 0.339 e. The fourth-order valence-electron chi connectivity index (χ4n) is 1.11. The van der Waals surface area contributed by atoms with E-state index in [1.54, 1.807) is 31.2 Å². The van der Waals surface area contributed by atoms with Crippen molar-refractivity contribution in [3.8, 4) is 0 Å². The first-order valence-corrected chi connectivity index (χ1v) is 4.97. The van der Waals surface area contributed by atoms with E-state index in [0.29, 0.717) is 11.3 Å². The van der Waals surface area contributed by atoms with E-state index >= 15 is 0 Å². The van der Waals surface area contributed by atoms with Gasteiger partial charge in [0, 0.05) is 5.56 Å². The van der Waals surface area contributed by atoms with Crippen molar-refractivity contribution in [2.75, 3.05) is 0 Å². The predicted molar refractivity (Wildman–Crippen MR) is 63.2 cm³/mol. The molecule has 0 fully saturated rings. The number of hydrogen-bond acceptors (Lipinski definition) is 3. The SMILES string of the molecule is CC(=O)C=CC=C(C)c1ccc(C)c(=O)o1. The maximum Gasteiger partial charge on any atom is 0.339 e. The minimum Gasteiger partial charge on any atom is -0.423 e. The second-order valence-electron chi connectivity index (χ2n) is 3.59. The lowest BCUT2D eigenvalue weighted by molar-refractivity contribution is -0.112. The summed E-state index contributed by atoms with van der Waals surface area (Å²) in [7, 11) is 0. The molecule has 1 aromatic heterocycles. The van der Waals surface area contributed by atoms with Gasteiger partial charge < -0.3 is 4.42 Å². The van der Waals surface area contributed by atoms with Gasteiger partial charge in [0.05, 0.1) is 0 Å². The molecular formula is C13H14O3. The molecule has 84 valence electrons. The number of carbonyl (C=O) groups excluding carboxylic acids is 1. The molecule has 0 aliphatic carbocycles. The molecule has 0 bridgehead atoms. The second-order valence-corrected chi connectivity index (χ2v) is 3.59. The number of aryl methyl sites for hydroxylation is 1. The molecule has 1 aromatic rings. The van der Waals surface area contributed by atoms with E-state index in [-0.39, 0.29) is 11.4 Å². The lowest BCUT2D eigenvalue weighted by Crippen LogP contribution is -2.03. The van der Waals surface area contributed by atoms with Crippen LogP contribution in [0.3, 0.4) is 0 Å². The van der Waals surface area contributed by atoms with Crippen LogP contribution in [0.2, 0.25) is 0 Å². The summed E-state index contributed by atoms with van der Waals surface area (Å²) < 4.78 is 5.08. The summed E-state index contributed by atoms with van der Waals surface area (Å²) >= 11 is 0. The normalized spacial score (nSPS) is 12.1. The molecule has 0 spiro atoms. The molecule has 0 radical (unpaired) electrons. The monoisotopic (exact) mass is 218 g/mol. The molecule has 0 amide bonds. The maximum atomic E-state index is 11.3. The van der Waals surface area contributed by atoms with Gasteiger partial charge in [0.2, 0.25) is 0 Å². The Kier molecular flexibility index (Phi) is 4.00. The van der Waals surface area contributed by atoms with Gasteiger partial charge in [0.1, 0.15) is 5.76 Å². The van der Waals surface area contributed by atoms with Crippen LogP contribution < -0.4 is 5.63 Å². The van der Waals surface area contributed by atoms with Crippen LogP contribution in [0.25, 0.3) is 5.57 Å². The molecule has 0 aliphatic heterocycles. The van der Waals surface area contributed by atoms with Crippen LogP contribution in [0.5, 0.6) is 0 Å². The Bertz CT molecular complexity index is 504. The van der Waals surface area contributed by atoms with Crippen LogP contribution >= 0.6 is 0 Å². The van der Waals surface area contributed by atoms with Crippen LogP contribution in [0.1, 0.15) is 25.2 Å². The molecule has 3 nitrogen and oxygen atoms in total. The molecular weight excluding hydrogens is 204 g/mol. The molecule has 1 heterocycles. The van der Waals surface area contributed by atoms with Crippen molar-refractivity contribution in [2.45, 2.75) is 20.8 Å². The van der Waals surface area contributed by atoms with E-state index < -0.39 is 0 Å². The predicted octanol–water partition coefficient (Wildman–Crippen LogP) is 2.50.